The lowest BCUT2D eigenvalue weighted by Gasteiger charge is -2.09. The van der Waals surface area contributed by atoms with Gasteiger partial charge in [0.15, 0.2) is 0 Å². The van der Waals surface area contributed by atoms with Gasteiger partial charge in [-0.05, 0) is 55.2 Å². The first-order valence-electron chi connectivity index (χ1n) is 9.20. The van der Waals surface area contributed by atoms with E-state index >= 15 is 0 Å². The van der Waals surface area contributed by atoms with E-state index in [1.807, 2.05) is 24.3 Å². The van der Waals surface area contributed by atoms with E-state index in [0.29, 0.717) is 11.4 Å². The minimum absolute atomic E-state index is 0.126. The van der Waals surface area contributed by atoms with E-state index in [9.17, 15) is 9.59 Å². The molecule has 4 rings (SSSR count). The molecule has 0 radical (unpaired) electrons. The predicted octanol–water partition coefficient (Wildman–Crippen LogP) is 4.42. The number of benzene rings is 2. The van der Waals surface area contributed by atoms with Crippen LogP contribution >= 0.6 is 0 Å². The molecule has 1 aliphatic rings. The maximum atomic E-state index is 12.3. The third-order valence-corrected chi connectivity index (χ3v) is 4.78. The van der Waals surface area contributed by atoms with Crippen LogP contribution in [0.4, 0.5) is 5.69 Å². The van der Waals surface area contributed by atoms with E-state index in [4.69, 9.17) is 9.15 Å². The van der Waals surface area contributed by atoms with Gasteiger partial charge in [0, 0.05) is 30.0 Å². The number of fused-ring (bicyclic) bond motifs is 3. The number of rotatable bonds is 4. The van der Waals surface area contributed by atoms with Gasteiger partial charge >= 0.3 is 5.97 Å². The van der Waals surface area contributed by atoms with E-state index in [0.717, 1.165) is 41.6 Å². The van der Waals surface area contributed by atoms with Crippen LogP contribution in [0, 0.1) is 0 Å². The molecular formula is C22H21NO4. The van der Waals surface area contributed by atoms with Crippen molar-refractivity contribution in [1.29, 1.82) is 0 Å². The minimum Gasteiger partial charge on any atom is -0.461 e. The number of carbonyl (C=O) groups excluding carboxylic acids is 2. The zero-order valence-electron chi connectivity index (χ0n) is 15.2. The Labute approximate surface area is 157 Å². The van der Waals surface area contributed by atoms with Gasteiger partial charge in [-0.1, -0.05) is 12.1 Å². The van der Waals surface area contributed by atoms with E-state index in [-0.39, 0.29) is 18.3 Å². The van der Waals surface area contributed by atoms with Gasteiger partial charge in [0.05, 0.1) is 6.42 Å². The highest BCUT2D eigenvalue weighted by atomic mass is 16.5. The smallest absolute Gasteiger partial charge is 0.315 e. The van der Waals surface area contributed by atoms with Crippen molar-refractivity contribution in [3.63, 3.8) is 0 Å². The number of hydrogen-bond acceptors (Lipinski definition) is 4. The second-order valence-electron chi connectivity index (χ2n) is 6.90. The lowest BCUT2D eigenvalue weighted by atomic mass is 9.96. The molecule has 1 amide bonds. The maximum Gasteiger partial charge on any atom is 0.315 e. The molecule has 3 aromatic rings. The highest BCUT2D eigenvalue weighted by Gasteiger charge is 2.18. The molecule has 0 aliphatic heterocycles. The molecule has 0 fully saturated rings. The van der Waals surface area contributed by atoms with Crippen molar-refractivity contribution in [3.05, 3.63) is 59.4 Å². The highest BCUT2D eigenvalue weighted by molar-refractivity contribution is 5.88. The molecule has 27 heavy (non-hydrogen) atoms. The summed E-state index contributed by atoms with van der Waals surface area (Å²) in [6.45, 7) is 1.46. The molecule has 0 unspecified atom stereocenters. The number of furan rings is 1. The fourth-order valence-corrected chi connectivity index (χ4v) is 3.55. The summed E-state index contributed by atoms with van der Waals surface area (Å²) in [5.41, 5.74) is 3.64. The quantitative estimate of drug-likeness (QED) is 0.550. The molecule has 1 aromatic heterocycles. The van der Waals surface area contributed by atoms with Gasteiger partial charge in [0.25, 0.3) is 0 Å². The van der Waals surface area contributed by atoms with Gasteiger partial charge in [-0.25, -0.2) is 0 Å². The number of esters is 1. The normalized spacial score (nSPS) is 13.2. The van der Waals surface area contributed by atoms with Crippen LogP contribution in [0.1, 0.15) is 36.7 Å². The fourth-order valence-electron chi connectivity index (χ4n) is 3.55. The second-order valence-corrected chi connectivity index (χ2v) is 6.90. The van der Waals surface area contributed by atoms with E-state index in [1.165, 1.54) is 18.9 Å². The van der Waals surface area contributed by atoms with E-state index in [1.54, 1.807) is 18.2 Å². The summed E-state index contributed by atoms with van der Waals surface area (Å²) in [4.78, 5) is 23.3. The summed E-state index contributed by atoms with van der Waals surface area (Å²) in [6, 6.07) is 12.7. The Kier molecular flexibility index (Phi) is 4.67. The van der Waals surface area contributed by atoms with E-state index < -0.39 is 0 Å². The van der Waals surface area contributed by atoms with Gasteiger partial charge < -0.3 is 14.5 Å². The monoisotopic (exact) mass is 363 g/mol. The SMILES string of the molecule is CC(=O)Nc1ccc(CC(=O)Oc2ccc3oc4c(c3c2)CCCC4)cc1. The molecule has 138 valence electrons. The molecule has 5 heteroatoms. The molecular weight excluding hydrogens is 342 g/mol. The number of aryl methyl sites for hydroxylation is 2. The Morgan fingerprint density at radius 3 is 2.63 bits per heavy atom. The van der Waals surface area contributed by atoms with Gasteiger partial charge in [-0.15, -0.1) is 0 Å². The van der Waals surface area contributed by atoms with Crippen LogP contribution < -0.4 is 10.1 Å². The van der Waals surface area contributed by atoms with Gasteiger partial charge in [-0.3, -0.25) is 9.59 Å². The Bertz CT molecular complexity index is 1000. The molecule has 0 bridgehead atoms. The van der Waals surface area contributed by atoms with E-state index in [2.05, 4.69) is 5.32 Å². The molecule has 0 saturated heterocycles. The number of carbonyl (C=O) groups is 2. The highest BCUT2D eigenvalue weighted by Crippen LogP contribution is 2.34. The Morgan fingerprint density at radius 2 is 1.85 bits per heavy atom. The summed E-state index contributed by atoms with van der Waals surface area (Å²) in [7, 11) is 0. The molecule has 5 nitrogen and oxygen atoms in total. The van der Waals surface area contributed by atoms with Crippen LogP contribution in [0.2, 0.25) is 0 Å². The van der Waals surface area contributed by atoms with Crippen LogP contribution in [0.3, 0.4) is 0 Å². The molecule has 1 heterocycles. The molecule has 1 aliphatic carbocycles. The van der Waals surface area contributed by atoms with Gasteiger partial charge in [-0.2, -0.15) is 0 Å². The third kappa shape index (κ3) is 3.87. The summed E-state index contributed by atoms with van der Waals surface area (Å²) in [6.07, 6.45) is 4.49. The predicted molar refractivity (Wildman–Crippen MR) is 103 cm³/mol. The Balaban J connectivity index is 1.45. The largest absolute Gasteiger partial charge is 0.461 e. The molecule has 0 spiro atoms. The van der Waals surface area contributed by atoms with Gasteiger partial charge in [0.2, 0.25) is 5.91 Å². The average molecular weight is 363 g/mol. The summed E-state index contributed by atoms with van der Waals surface area (Å²) < 4.78 is 11.4. The van der Waals surface area contributed by atoms with Crippen LogP contribution in [0.15, 0.2) is 46.9 Å². The first-order chi connectivity index (χ1) is 13.1. The van der Waals surface area contributed by atoms with Crippen molar-refractivity contribution < 1.29 is 18.7 Å². The number of anilines is 1. The molecule has 2 aromatic carbocycles. The van der Waals surface area contributed by atoms with Gasteiger partial charge in [0.1, 0.15) is 17.1 Å². The molecule has 1 N–H and O–H groups in total. The number of hydrogen-bond donors (Lipinski definition) is 1. The Hall–Kier alpha value is -3.08. The van der Waals surface area contributed by atoms with Crippen molar-refractivity contribution in [2.75, 3.05) is 5.32 Å². The lowest BCUT2D eigenvalue weighted by Crippen LogP contribution is -2.11. The van der Waals surface area contributed by atoms with Crippen molar-refractivity contribution >= 4 is 28.5 Å². The fraction of sp³-hybridized carbons (Fsp3) is 0.273. The number of ether oxygens (including phenoxy) is 1. The van der Waals surface area contributed by atoms with Crippen LogP contribution in [-0.2, 0) is 28.9 Å². The summed E-state index contributed by atoms with van der Waals surface area (Å²) in [5, 5.41) is 3.75. The average Bonchev–Trinajstić information content (AvgIpc) is 3.01. The molecule has 0 saturated carbocycles. The first-order valence-corrected chi connectivity index (χ1v) is 9.20. The van der Waals surface area contributed by atoms with Crippen molar-refractivity contribution in [2.45, 2.75) is 39.0 Å². The second kappa shape index (κ2) is 7.27. The summed E-state index contributed by atoms with van der Waals surface area (Å²) in [5.74, 6) is 1.16. The zero-order chi connectivity index (χ0) is 18.8. The maximum absolute atomic E-state index is 12.3. The van der Waals surface area contributed by atoms with Crippen LogP contribution in [0.25, 0.3) is 11.0 Å². The summed E-state index contributed by atoms with van der Waals surface area (Å²) >= 11 is 0. The van der Waals surface area contributed by atoms with Crippen molar-refractivity contribution in [3.8, 4) is 5.75 Å². The molecule has 0 atom stereocenters. The number of nitrogens with one attached hydrogen (secondary N) is 1. The van der Waals surface area contributed by atoms with Crippen LogP contribution in [0.5, 0.6) is 5.75 Å². The lowest BCUT2D eigenvalue weighted by molar-refractivity contribution is -0.133. The first kappa shape index (κ1) is 17.3. The standard InChI is InChI=1S/C22H21NO4/c1-14(24)23-16-8-6-15(7-9-16)12-22(25)26-17-10-11-21-19(13-17)18-4-2-3-5-20(18)27-21/h6-11,13H,2-5,12H2,1H3,(H,23,24). The van der Waals surface area contributed by atoms with Crippen LogP contribution in [-0.4, -0.2) is 11.9 Å². The van der Waals surface area contributed by atoms with Crippen molar-refractivity contribution in [1.82, 2.24) is 0 Å². The topological polar surface area (TPSA) is 68.5 Å². The third-order valence-electron chi connectivity index (χ3n) is 4.78. The van der Waals surface area contributed by atoms with Crippen molar-refractivity contribution in [2.24, 2.45) is 0 Å². The number of amides is 1. The Morgan fingerprint density at radius 1 is 1.07 bits per heavy atom. The zero-order valence-corrected chi connectivity index (χ0v) is 15.2. The minimum atomic E-state index is -0.320.